The van der Waals surface area contributed by atoms with Crippen molar-refractivity contribution in [2.24, 2.45) is 0 Å². The highest BCUT2D eigenvalue weighted by Gasteiger charge is 2.30. The summed E-state index contributed by atoms with van der Waals surface area (Å²) in [5.74, 6) is 0. The third-order valence-electron chi connectivity index (χ3n) is 3.87. The van der Waals surface area contributed by atoms with Crippen LogP contribution in [0.5, 0.6) is 0 Å². The molecule has 0 aromatic heterocycles. The van der Waals surface area contributed by atoms with Gasteiger partial charge in [0.05, 0.1) is 17.2 Å². The molecule has 0 amide bonds. The van der Waals surface area contributed by atoms with E-state index in [9.17, 15) is 31.4 Å². The predicted octanol–water partition coefficient (Wildman–Crippen LogP) is 4.63. The number of rotatable bonds is 6. The van der Waals surface area contributed by atoms with Crippen LogP contribution in [0.4, 0.5) is 37.7 Å². The van der Waals surface area contributed by atoms with Crippen LogP contribution >= 0.6 is 0 Å². The highest BCUT2D eigenvalue weighted by atomic mass is 19.4. The quantitative estimate of drug-likeness (QED) is 0.704. The molecule has 2 aromatic rings. The lowest BCUT2D eigenvalue weighted by Gasteiger charge is -2.23. The average Bonchev–Trinajstić information content (AvgIpc) is 2.59. The van der Waals surface area contributed by atoms with Gasteiger partial charge in [-0.05, 0) is 48.5 Å². The molecule has 0 radical (unpaired) electrons. The standard InChI is InChI=1S/C18H18F6N2O/c1-26(15-8-4-13(5-9-15)18(22,23)24)11-16(27)10-25-14-6-2-12(3-7-14)17(19,20)21/h2-9,16,25,27H,10-11H2,1H3/t16-/m0/s1. The SMILES string of the molecule is CN(C[C@@H](O)CNc1ccc(C(F)(F)F)cc1)c1ccc(C(F)(F)F)cc1. The van der Waals surface area contributed by atoms with Gasteiger partial charge in [-0.1, -0.05) is 0 Å². The summed E-state index contributed by atoms with van der Waals surface area (Å²) in [7, 11) is 1.62. The van der Waals surface area contributed by atoms with E-state index in [1.807, 2.05) is 0 Å². The van der Waals surface area contributed by atoms with Crippen LogP contribution in [0, 0.1) is 0 Å². The minimum Gasteiger partial charge on any atom is -0.389 e. The third-order valence-corrected chi connectivity index (χ3v) is 3.87. The van der Waals surface area contributed by atoms with E-state index >= 15 is 0 Å². The average molecular weight is 392 g/mol. The van der Waals surface area contributed by atoms with Crippen molar-refractivity contribution >= 4 is 11.4 Å². The van der Waals surface area contributed by atoms with E-state index in [2.05, 4.69) is 5.32 Å². The number of nitrogens with zero attached hydrogens (tertiary/aromatic N) is 1. The molecule has 0 spiro atoms. The number of hydrogen-bond acceptors (Lipinski definition) is 3. The van der Waals surface area contributed by atoms with Crippen LogP contribution in [0.25, 0.3) is 0 Å². The van der Waals surface area contributed by atoms with Gasteiger partial charge in [0.2, 0.25) is 0 Å². The second kappa shape index (κ2) is 8.08. The first-order valence-electron chi connectivity index (χ1n) is 7.94. The van der Waals surface area contributed by atoms with Gasteiger partial charge in [0.25, 0.3) is 0 Å². The van der Waals surface area contributed by atoms with Crippen molar-refractivity contribution in [1.82, 2.24) is 0 Å². The van der Waals surface area contributed by atoms with Crippen LogP contribution < -0.4 is 10.2 Å². The third kappa shape index (κ3) is 6.06. The fourth-order valence-corrected chi connectivity index (χ4v) is 2.40. The van der Waals surface area contributed by atoms with Gasteiger partial charge in [-0.15, -0.1) is 0 Å². The number of aliphatic hydroxyl groups is 1. The van der Waals surface area contributed by atoms with Crippen LogP contribution in [0.1, 0.15) is 11.1 Å². The Morgan fingerprint density at radius 1 is 0.852 bits per heavy atom. The molecule has 0 aliphatic carbocycles. The fourth-order valence-electron chi connectivity index (χ4n) is 2.40. The molecular formula is C18H18F6N2O. The first-order valence-corrected chi connectivity index (χ1v) is 7.94. The van der Waals surface area contributed by atoms with Gasteiger partial charge in [0.1, 0.15) is 0 Å². The molecular weight excluding hydrogens is 374 g/mol. The monoisotopic (exact) mass is 392 g/mol. The van der Waals surface area contributed by atoms with Crippen molar-refractivity contribution in [3.63, 3.8) is 0 Å². The second-order valence-electron chi connectivity index (χ2n) is 6.03. The molecule has 0 saturated heterocycles. The number of nitrogens with one attached hydrogen (secondary N) is 1. The summed E-state index contributed by atoms with van der Waals surface area (Å²) < 4.78 is 75.2. The molecule has 2 N–H and O–H groups in total. The molecule has 1 atom stereocenters. The van der Waals surface area contributed by atoms with Crippen molar-refractivity contribution in [3.05, 3.63) is 59.7 Å². The lowest BCUT2D eigenvalue weighted by molar-refractivity contribution is -0.138. The van der Waals surface area contributed by atoms with E-state index in [0.29, 0.717) is 11.4 Å². The van der Waals surface area contributed by atoms with E-state index in [1.54, 1.807) is 11.9 Å². The van der Waals surface area contributed by atoms with Gasteiger partial charge in [0, 0.05) is 31.5 Å². The maximum atomic E-state index is 12.6. The molecule has 3 nitrogen and oxygen atoms in total. The van der Waals surface area contributed by atoms with Gasteiger partial charge in [-0.25, -0.2) is 0 Å². The summed E-state index contributed by atoms with van der Waals surface area (Å²) in [4.78, 5) is 1.58. The van der Waals surface area contributed by atoms with Gasteiger partial charge in [0.15, 0.2) is 0 Å². The van der Waals surface area contributed by atoms with Crippen molar-refractivity contribution < 1.29 is 31.4 Å². The van der Waals surface area contributed by atoms with E-state index in [1.165, 1.54) is 24.3 Å². The topological polar surface area (TPSA) is 35.5 Å². The molecule has 0 saturated carbocycles. The number of anilines is 2. The van der Waals surface area contributed by atoms with Crippen molar-refractivity contribution in [2.75, 3.05) is 30.4 Å². The summed E-state index contributed by atoms with van der Waals surface area (Å²) in [6, 6.07) is 8.91. The Kier molecular flexibility index (Phi) is 6.25. The molecule has 2 rings (SSSR count). The number of hydrogen-bond donors (Lipinski definition) is 2. The second-order valence-corrected chi connectivity index (χ2v) is 6.03. The molecule has 0 aliphatic rings. The van der Waals surface area contributed by atoms with Crippen LogP contribution in [-0.2, 0) is 12.4 Å². The minimum atomic E-state index is -4.41. The number of likely N-dealkylation sites (N-methyl/N-ethyl adjacent to an activating group) is 1. The van der Waals surface area contributed by atoms with Gasteiger partial charge < -0.3 is 15.3 Å². The molecule has 27 heavy (non-hydrogen) atoms. The zero-order valence-electron chi connectivity index (χ0n) is 14.3. The Bertz CT molecular complexity index is 726. The Morgan fingerprint density at radius 2 is 1.30 bits per heavy atom. The number of aliphatic hydroxyl groups excluding tert-OH is 1. The minimum absolute atomic E-state index is 0.0658. The summed E-state index contributed by atoms with van der Waals surface area (Å²) >= 11 is 0. The van der Waals surface area contributed by atoms with Crippen molar-refractivity contribution in [3.8, 4) is 0 Å². The molecule has 9 heteroatoms. The maximum Gasteiger partial charge on any atom is 0.416 e. The van der Waals surface area contributed by atoms with Crippen molar-refractivity contribution in [2.45, 2.75) is 18.5 Å². The Labute approximate surface area is 152 Å². The normalized spacial score (nSPS) is 13.3. The fraction of sp³-hybridized carbons (Fsp3) is 0.333. The zero-order chi connectivity index (χ0) is 20.2. The van der Waals surface area contributed by atoms with Crippen LogP contribution in [0.2, 0.25) is 0 Å². The number of halogens is 6. The molecule has 0 fully saturated rings. The molecule has 0 bridgehead atoms. The van der Waals surface area contributed by atoms with Gasteiger partial charge >= 0.3 is 12.4 Å². The smallest absolute Gasteiger partial charge is 0.389 e. The summed E-state index contributed by atoms with van der Waals surface area (Å²) in [6.07, 6.45) is -9.72. The summed E-state index contributed by atoms with van der Waals surface area (Å²) in [5.41, 5.74) is -0.615. The van der Waals surface area contributed by atoms with Crippen LogP contribution in [-0.4, -0.2) is 31.3 Å². The Morgan fingerprint density at radius 3 is 1.74 bits per heavy atom. The van der Waals surface area contributed by atoms with E-state index in [0.717, 1.165) is 24.3 Å². The van der Waals surface area contributed by atoms with Crippen molar-refractivity contribution in [1.29, 1.82) is 0 Å². The van der Waals surface area contributed by atoms with Gasteiger partial charge in [-0.2, -0.15) is 26.3 Å². The highest BCUT2D eigenvalue weighted by Crippen LogP contribution is 2.31. The van der Waals surface area contributed by atoms with Gasteiger partial charge in [-0.3, -0.25) is 0 Å². The van der Waals surface area contributed by atoms with E-state index < -0.39 is 29.6 Å². The number of alkyl halides is 6. The van der Waals surface area contributed by atoms with E-state index in [4.69, 9.17) is 0 Å². The van der Waals surface area contributed by atoms with Crippen LogP contribution in [0.3, 0.4) is 0 Å². The van der Waals surface area contributed by atoms with E-state index in [-0.39, 0.29) is 13.1 Å². The maximum absolute atomic E-state index is 12.6. The molecule has 148 valence electrons. The Balaban J connectivity index is 1.87. The lowest BCUT2D eigenvalue weighted by atomic mass is 10.2. The zero-order valence-corrected chi connectivity index (χ0v) is 14.3. The molecule has 0 unspecified atom stereocenters. The summed E-state index contributed by atoms with van der Waals surface area (Å²) in [5, 5.41) is 12.9. The van der Waals surface area contributed by atoms with Crippen LogP contribution in [0.15, 0.2) is 48.5 Å². The Hall–Kier alpha value is -2.42. The molecule has 2 aromatic carbocycles. The number of benzene rings is 2. The lowest BCUT2D eigenvalue weighted by Crippen LogP contribution is -2.33. The molecule has 0 heterocycles. The summed E-state index contributed by atoms with van der Waals surface area (Å²) in [6.45, 7) is 0.190. The predicted molar refractivity (Wildman–Crippen MR) is 90.7 cm³/mol. The first kappa shape index (κ1) is 20.9. The highest BCUT2D eigenvalue weighted by molar-refractivity contribution is 5.48. The first-order chi connectivity index (χ1) is 12.5. The molecule has 0 aliphatic heterocycles. The largest absolute Gasteiger partial charge is 0.416 e.